The highest BCUT2D eigenvalue weighted by Crippen LogP contribution is 2.39. The van der Waals surface area contributed by atoms with Crippen molar-refractivity contribution >= 4 is 11.6 Å². The highest BCUT2D eigenvalue weighted by atomic mass is 35.5. The van der Waals surface area contributed by atoms with Gasteiger partial charge in [0.05, 0.1) is 6.10 Å². The average molecular weight is 243 g/mol. The molecule has 1 aliphatic heterocycles. The maximum atomic E-state index is 13.1. The lowest BCUT2D eigenvalue weighted by atomic mass is 9.78. The maximum absolute atomic E-state index is 13.1. The van der Waals surface area contributed by atoms with E-state index >= 15 is 0 Å². The number of rotatable bonds is 3. The van der Waals surface area contributed by atoms with Crippen molar-refractivity contribution in [3.05, 3.63) is 35.6 Å². The Morgan fingerprint density at radius 3 is 2.94 bits per heavy atom. The van der Waals surface area contributed by atoms with Gasteiger partial charge in [0.15, 0.2) is 0 Å². The first kappa shape index (κ1) is 11.9. The molecule has 1 aromatic carbocycles. The molecule has 1 aliphatic rings. The van der Waals surface area contributed by atoms with Crippen LogP contribution in [0.4, 0.5) is 4.39 Å². The van der Waals surface area contributed by atoms with Crippen LogP contribution in [-0.4, -0.2) is 18.6 Å². The summed E-state index contributed by atoms with van der Waals surface area (Å²) in [5.74, 6) is 0.374. The van der Waals surface area contributed by atoms with Gasteiger partial charge in [0, 0.05) is 17.9 Å². The summed E-state index contributed by atoms with van der Waals surface area (Å²) in [6.07, 6.45) is 1.89. The second kappa shape index (κ2) is 4.72. The number of hydrogen-bond donors (Lipinski definition) is 0. The number of halogens is 2. The summed E-state index contributed by atoms with van der Waals surface area (Å²) in [6, 6.07) is 6.74. The molecule has 0 bridgehead atoms. The molecule has 1 heterocycles. The molecule has 3 heteroatoms. The van der Waals surface area contributed by atoms with Gasteiger partial charge in [-0.1, -0.05) is 12.1 Å². The summed E-state index contributed by atoms with van der Waals surface area (Å²) in [5, 5.41) is 0. The zero-order valence-corrected chi connectivity index (χ0v) is 10.1. The van der Waals surface area contributed by atoms with E-state index in [1.54, 1.807) is 12.1 Å². The van der Waals surface area contributed by atoms with E-state index in [0.29, 0.717) is 5.88 Å². The number of benzene rings is 1. The lowest BCUT2D eigenvalue weighted by Crippen LogP contribution is -2.33. The topological polar surface area (TPSA) is 9.23 Å². The second-order valence-corrected chi connectivity index (χ2v) is 4.83. The van der Waals surface area contributed by atoms with Gasteiger partial charge in [0.25, 0.3) is 0 Å². The van der Waals surface area contributed by atoms with Crippen molar-refractivity contribution in [2.24, 2.45) is 5.41 Å². The Bertz CT molecular complexity index is 369. The smallest absolute Gasteiger partial charge is 0.123 e. The van der Waals surface area contributed by atoms with Crippen LogP contribution < -0.4 is 0 Å². The molecule has 1 saturated heterocycles. The van der Waals surface area contributed by atoms with E-state index in [1.165, 1.54) is 6.07 Å². The third kappa shape index (κ3) is 2.23. The monoisotopic (exact) mass is 242 g/mol. The van der Waals surface area contributed by atoms with Crippen LogP contribution in [0.1, 0.15) is 18.9 Å². The molecule has 2 rings (SSSR count). The van der Waals surface area contributed by atoms with Gasteiger partial charge < -0.3 is 4.74 Å². The highest BCUT2D eigenvalue weighted by molar-refractivity contribution is 6.18. The number of alkyl halides is 1. The van der Waals surface area contributed by atoms with E-state index in [4.69, 9.17) is 16.3 Å². The van der Waals surface area contributed by atoms with E-state index < -0.39 is 0 Å². The quantitative estimate of drug-likeness (QED) is 0.739. The van der Waals surface area contributed by atoms with E-state index in [2.05, 4.69) is 6.92 Å². The molecule has 16 heavy (non-hydrogen) atoms. The SMILES string of the molecule is CC1OCCC1(CCl)Cc1cccc(F)c1. The molecule has 0 radical (unpaired) electrons. The molecule has 0 N–H and O–H groups in total. The maximum Gasteiger partial charge on any atom is 0.123 e. The van der Waals surface area contributed by atoms with E-state index in [0.717, 1.165) is 25.0 Å². The summed E-state index contributed by atoms with van der Waals surface area (Å²) in [7, 11) is 0. The van der Waals surface area contributed by atoms with Crippen LogP contribution in [0.3, 0.4) is 0 Å². The largest absolute Gasteiger partial charge is 0.378 e. The van der Waals surface area contributed by atoms with Crippen LogP contribution in [0.25, 0.3) is 0 Å². The molecular weight excluding hydrogens is 227 g/mol. The third-order valence-corrected chi connectivity index (χ3v) is 4.07. The minimum Gasteiger partial charge on any atom is -0.378 e. The van der Waals surface area contributed by atoms with Gasteiger partial charge in [-0.3, -0.25) is 0 Å². The lowest BCUT2D eigenvalue weighted by molar-refractivity contribution is 0.0735. The van der Waals surface area contributed by atoms with Crippen molar-refractivity contribution in [2.75, 3.05) is 12.5 Å². The normalized spacial score (nSPS) is 29.6. The first-order valence-corrected chi connectivity index (χ1v) is 6.12. The molecule has 0 aromatic heterocycles. The van der Waals surface area contributed by atoms with Gasteiger partial charge in [0.2, 0.25) is 0 Å². The molecule has 2 atom stereocenters. The Morgan fingerprint density at radius 2 is 2.38 bits per heavy atom. The van der Waals surface area contributed by atoms with Gasteiger partial charge in [-0.15, -0.1) is 11.6 Å². The Hall–Kier alpha value is -0.600. The summed E-state index contributed by atoms with van der Waals surface area (Å²) in [5.41, 5.74) is 0.966. The summed E-state index contributed by atoms with van der Waals surface area (Å²) >= 11 is 6.08. The van der Waals surface area contributed by atoms with E-state index in [-0.39, 0.29) is 17.3 Å². The minimum atomic E-state index is -0.186. The van der Waals surface area contributed by atoms with Crippen LogP contribution in [0.15, 0.2) is 24.3 Å². The van der Waals surface area contributed by atoms with Crippen LogP contribution in [0, 0.1) is 11.2 Å². The van der Waals surface area contributed by atoms with Crippen LogP contribution in [0.2, 0.25) is 0 Å². The molecule has 0 spiro atoms. The van der Waals surface area contributed by atoms with Crippen LogP contribution >= 0.6 is 11.6 Å². The Balaban J connectivity index is 2.18. The zero-order chi connectivity index (χ0) is 11.6. The highest BCUT2D eigenvalue weighted by Gasteiger charge is 2.40. The van der Waals surface area contributed by atoms with Gasteiger partial charge in [0.1, 0.15) is 5.82 Å². The summed E-state index contributed by atoms with van der Waals surface area (Å²) in [6.45, 7) is 2.80. The van der Waals surface area contributed by atoms with Crippen molar-refractivity contribution in [3.8, 4) is 0 Å². The van der Waals surface area contributed by atoms with Crippen LogP contribution in [0.5, 0.6) is 0 Å². The summed E-state index contributed by atoms with van der Waals surface area (Å²) < 4.78 is 18.7. The minimum absolute atomic E-state index is 0.0324. The van der Waals surface area contributed by atoms with Crippen LogP contribution in [-0.2, 0) is 11.2 Å². The molecule has 1 fully saturated rings. The third-order valence-electron chi connectivity index (χ3n) is 3.54. The van der Waals surface area contributed by atoms with Crippen molar-refractivity contribution in [1.29, 1.82) is 0 Å². The van der Waals surface area contributed by atoms with Crippen molar-refractivity contribution in [3.63, 3.8) is 0 Å². The van der Waals surface area contributed by atoms with Crippen molar-refractivity contribution in [2.45, 2.75) is 25.9 Å². The predicted molar refractivity (Wildman–Crippen MR) is 63.3 cm³/mol. The predicted octanol–water partition coefficient (Wildman–Crippen LogP) is 3.40. The van der Waals surface area contributed by atoms with Crippen molar-refractivity contribution in [1.82, 2.24) is 0 Å². The van der Waals surface area contributed by atoms with Gasteiger partial charge in [-0.2, -0.15) is 0 Å². The Morgan fingerprint density at radius 1 is 1.56 bits per heavy atom. The number of hydrogen-bond acceptors (Lipinski definition) is 1. The number of ether oxygens (including phenoxy) is 1. The first-order valence-electron chi connectivity index (χ1n) is 5.58. The standard InChI is InChI=1S/C13H16ClFO/c1-10-13(9-14,5-6-16-10)8-11-3-2-4-12(15)7-11/h2-4,7,10H,5-6,8-9H2,1H3. The second-order valence-electron chi connectivity index (χ2n) is 4.57. The fourth-order valence-corrected chi connectivity index (χ4v) is 2.77. The Kier molecular flexibility index (Phi) is 3.50. The Labute approximate surface area is 101 Å². The van der Waals surface area contributed by atoms with Gasteiger partial charge >= 0.3 is 0 Å². The molecular formula is C13H16ClFO. The molecule has 1 aromatic rings. The molecule has 0 aliphatic carbocycles. The van der Waals surface area contributed by atoms with Crippen molar-refractivity contribution < 1.29 is 9.13 Å². The fourth-order valence-electron chi connectivity index (χ4n) is 2.33. The molecule has 1 nitrogen and oxygen atoms in total. The van der Waals surface area contributed by atoms with E-state index in [9.17, 15) is 4.39 Å². The molecule has 0 saturated carbocycles. The zero-order valence-electron chi connectivity index (χ0n) is 9.38. The summed E-state index contributed by atoms with van der Waals surface area (Å²) in [4.78, 5) is 0. The average Bonchev–Trinajstić information content (AvgIpc) is 2.61. The first-order chi connectivity index (χ1) is 7.66. The molecule has 0 amide bonds. The lowest BCUT2D eigenvalue weighted by Gasteiger charge is -2.30. The van der Waals surface area contributed by atoms with E-state index in [1.807, 2.05) is 6.07 Å². The fraction of sp³-hybridized carbons (Fsp3) is 0.538. The molecule has 88 valence electrons. The van der Waals surface area contributed by atoms with Gasteiger partial charge in [-0.05, 0) is 37.5 Å². The van der Waals surface area contributed by atoms with Gasteiger partial charge in [-0.25, -0.2) is 4.39 Å². The molecule has 2 unspecified atom stereocenters.